The van der Waals surface area contributed by atoms with E-state index in [0.717, 1.165) is 16.9 Å². The molecule has 31 heavy (non-hydrogen) atoms. The second kappa shape index (κ2) is 10.4. The van der Waals surface area contributed by atoms with Crippen molar-refractivity contribution >= 4 is 17.5 Å². The zero-order chi connectivity index (χ0) is 22.2. The van der Waals surface area contributed by atoms with E-state index in [0.29, 0.717) is 17.8 Å². The SMILES string of the molecule is COc1cccc(CC(=O)N(C)CC(N)c2ccc(C(=O)Nc3ccncc3)cc2)c1. The molecule has 0 saturated carbocycles. The molecule has 2 aromatic carbocycles. The van der Waals surface area contributed by atoms with Crippen molar-refractivity contribution < 1.29 is 14.3 Å². The van der Waals surface area contributed by atoms with E-state index in [1.165, 1.54) is 0 Å². The van der Waals surface area contributed by atoms with Crippen LogP contribution < -0.4 is 15.8 Å². The molecule has 3 N–H and O–H groups in total. The normalized spacial score (nSPS) is 11.5. The van der Waals surface area contributed by atoms with Crippen LogP contribution in [-0.4, -0.2) is 42.4 Å². The fourth-order valence-electron chi connectivity index (χ4n) is 3.11. The number of benzene rings is 2. The number of anilines is 1. The first-order valence-corrected chi connectivity index (χ1v) is 9.90. The molecule has 0 fully saturated rings. The highest BCUT2D eigenvalue weighted by Crippen LogP contribution is 2.16. The Kier molecular flexibility index (Phi) is 7.35. The van der Waals surface area contributed by atoms with Crippen molar-refractivity contribution in [1.82, 2.24) is 9.88 Å². The number of pyridine rings is 1. The van der Waals surface area contributed by atoms with Crippen molar-refractivity contribution in [2.24, 2.45) is 5.73 Å². The number of rotatable bonds is 8. The molecule has 1 atom stereocenters. The number of carbonyl (C=O) groups excluding carboxylic acids is 2. The molecule has 1 heterocycles. The summed E-state index contributed by atoms with van der Waals surface area (Å²) < 4.78 is 5.20. The van der Waals surface area contributed by atoms with Gasteiger partial charge >= 0.3 is 0 Å². The lowest BCUT2D eigenvalue weighted by atomic mass is 10.0. The van der Waals surface area contributed by atoms with Crippen LogP contribution in [0.4, 0.5) is 5.69 Å². The molecule has 7 nitrogen and oxygen atoms in total. The number of nitrogens with zero attached hydrogens (tertiary/aromatic N) is 2. The Morgan fingerprint density at radius 1 is 1.10 bits per heavy atom. The highest BCUT2D eigenvalue weighted by atomic mass is 16.5. The first-order valence-electron chi connectivity index (χ1n) is 9.90. The van der Waals surface area contributed by atoms with Crippen molar-refractivity contribution in [3.63, 3.8) is 0 Å². The maximum atomic E-state index is 12.6. The number of carbonyl (C=O) groups is 2. The van der Waals surface area contributed by atoms with E-state index in [2.05, 4.69) is 10.3 Å². The van der Waals surface area contributed by atoms with Crippen LogP contribution in [0, 0.1) is 0 Å². The lowest BCUT2D eigenvalue weighted by Gasteiger charge is -2.22. The number of ether oxygens (including phenoxy) is 1. The summed E-state index contributed by atoms with van der Waals surface area (Å²) in [6.07, 6.45) is 3.50. The summed E-state index contributed by atoms with van der Waals surface area (Å²) in [4.78, 5) is 30.5. The fraction of sp³-hybridized carbons (Fsp3) is 0.208. The van der Waals surface area contributed by atoms with Crippen molar-refractivity contribution in [1.29, 1.82) is 0 Å². The molecule has 1 aromatic heterocycles. The van der Waals surface area contributed by atoms with Crippen LogP contribution in [0.2, 0.25) is 0 Å². The molecule has 7 heteroatoms. The number of likely N-dealkylation sites (N-methyl/N-ethyl adjacent to an activating group) is 1. The van der Waals surface area contributed by atoms with Crippen molar-refractivity contribution in [3.8, 4) is 5.75 Å². The third kappa shape index (κ3) is 6.13. The van der Waals surface area contributed by atoms with Gasteiger partial charge in [-0.2, -0.15) is 0 Å². The van der Waals surface area contributed by atoms with E-state index in [-0.39, 0.29) is 24.3 Å². The molecule has 1 unspecified atom stereocenters. The minimum atomic E-state index is -0.364. The van der Waals surface area contributed by atoms with Crippen LogP contribution in [-0.2, 0) is 11.2 Å². The van der Waals surface area contributed by atoms with Crippen molar-refractivity contribution in [3.05, 3.63) is 89.7 Å². The van der Waals surface area contributed by atoms with Gasteiger partial charge in [-0.3, -0.25) is 14.6 Å². The van der Waals surface area contributed by atoms with Crippen LogP contribution in [0.5, 0.6) is 5.75 Å². The van der Waals surface area contributed by atoms with Gasteiger partial charge in [0.2, 0.25) is 5.91 Å². The Balaban J connectivity index is 1.56. The van der Waals surface area contributed by atoms with Crippen LogP contribution in [0.1, 0.15) is 27.5 Å². The van der Waals surface area contributed by atoms with E-state index in [9.17, 15) is 9.59 Å². The number of aromatic nitrogens is 1. The number of hydrogen-bond donors (Lipinski definition) is 2. The van der Waals surface area contributed by atoms with Gasteiger partial charge in [0.15, 0.2) is 0 Å². The monoisotopic (exact) mass is 418 g/mol. The summed E-state index contributed by atoms with van der Waals surface area (Å²) in [5.41, 5.74) is 9.23. The molecule has 0 spiro atoms. The van der Waals surface area contributed by atoms with Gasteiger partial charge in [-0.15, -0.1) is 0 Å². The zero-order valence-electron chi connectivity index (χ0n) is 17.6. The average Bonchev–Trinajstić information content (AvgIpc) is 2.79. The first kappa shape index (κ1) is 22.0. The molecule has 160 valence electrons. The molecule has 0 aliphatic rings. The van der Waals surface area contributed by atoms with Crippen LogP contribution in [0.15, 0.2) is 73.1 Å². The highest BCUT2D eigenvalue weighted by Gasteiger charge is 2.16. The predicted octanol–water partition coefficient (Wildman–Crippen LogP) is 3.04. The van der Waals surface area contributed by atoms with Gasteiger partial charge in [0.1, 0.15) is 5.75 Å². The van der Waals surface area contributed by atoms with Gasteiger partial charge in [0, 0.05) is 43.3 Å². The van der Waals surface area contributed by atoms with Gasteiger partial charge in [-0.05, 0) is 47.5 Å². The Hall–Kier alpha value is -3.71. The number of amides is 2. The maximum absolute atomic E-state index is 12.6. The van der Waals surface area contributed by atoms with Gasteiger partial charge in [0.05, 0.1) is 13.5 Å². The molecule has 0 radical (unpaired) electrons. The summed E-state index contributed by atoms with van der Waals surface area (Å²) in [7, 11) is 3.33. The van der Waals surface area contributed by atoms with E-state index >= 15 is 0 Å². The van der Waals surface area contributed by atoms with E-state index in [4.69, 9.17) is 10.5 Å². The molecule has 2 amide bonds. The summed E-state index contributed by atoms with van der Waals surface area (Å²) in [6, 6.07) is 17.6. The number of nitrogens with one attached hydrogen (secondary N) is 1. The van der Waals surface area contributed by atoms with Crippen molar-refractivity contribution in [2.45, 2.75) is 12.5 Å². The standard InChI is InChI=1S/C24H26N4O3/c1-28(23(29)15-17-4-3-5-21(14-17)31-2)16-22(25)18-6-8-19(9-7-18)24(30)27-20-10-12-26-13-11-20/h3-14,22H,15-16,25H2,1-2H3,(H,26,27,30). The summed E-state index contributed by atoms with van der Waals surface area (Å²) >= 11 is 0. The third-order valence-corrected chi connectivity index (χ3v) is 4.93. The molecule has 0 aliphatic carbocycles. The average molecular weight is 418 g/mol. The minimum Gasteiger partial charge on any atom is -0.497 e. The van der Waals surface area contributed by atoms with Gasteiger partial charge in [0.25, 0.3) is 5.91 Å². The van der Waals surface area contributed by atoms with Crippen LogP contribution in [0.25, 0.3) is 0 Å². The molecular formula is C24H26N4O3. The number of nitrogens with two attached hydrogens (primary N) is 1. The Labute approximate surface area is 181 Å². The number of hydrogen-bond acceptors (Lipinski definition) is 5. The third-order valence-electron chi connectivity index (χ3n) is 4.93. The lowest BCUT2D eigenvalue weighted by Crippen LogP contribution is -2.35. The van der Waals surface area contributed by atoms with Crippen LogP contribution >= 0.6 is 0 Å². The predicted molar refractivity (Wildman–Crippen MR) is 120 cm³/mol. The first-order chi connectivity index (χ1) is 15.0. The smallest absolute Gasteiger partial charge is 0.255 e. The van der Waals surface area contributed by atoms with E-state index < -0.39 is 0 Å². The van der Waals surface area contributed by atoms with Crippen LogP contribution in [0.3, 0.4) is 0 Å². The topological polar surface area (TPSA) is 97.5 Å². The van der Waals surface area contributed by atoms with Gasteiger partial charge in [-0.1, -0.05) is 24.3 Å². The Morgan fingerprint density at radius 2 is 1.81 bits per heavy atom. The minimum absolute atomic E-state index is 0.0305. The quantitative estimate of drug-likeness (QED) is 0.586. The lowest BCUT2D eigenvalue weighted by molar-refractivity contribution is -0.129. The molecular weight excluding hydrogens is 392 g/mol. The van der Waals surface area contributed by atoms with Gasteiger partial charge in [-0.25, -0.2) is 0 Å². The number of methoxy groups -OCH3 is 1. The summed E-state index contributed by atoms with van der Waals surface area (Å²) in [5, 5.41) is 2.81. The zero-order valence-corrected chi connectivity index (χ0v) is 17.6. The fourth-order valence-corrected chi connectivity index (χ4v) is 3.11. The summed E-state index contributed by atoms with van der Waals surface area (Å²) in [5.74, 6) is 0.478. The van der Waals surface area contributed by atoms with E-state index in [1.807, 2.05) is 36.4 Å². The Morgan fingerprint density at radius 3 is 2.48 bits per heavy atom. The maximum Gasteiger partial charge on any atom is 0.255 e. The molecule has 3 aromatic rings. The Bertz CT molecular complexity index is 1020. The highest BCUT2D eigenvalue weighted by molar-refractivity contribution is 6.04. The summed E-state index contributed by atoms with van der Waals surface area (Å²) in [6.45, 7) is 0.366. The molecule has 3 rings (SSSR count). The molecule has 0 aliphatic heterocycles. The second-order valence-corrected chi connectivity index (χ2v) is 7.22. The van der Waals surface area contributed by atoms with Crippen molar-refractivity contribution in [2.75, 3.05) is 26.0 Å². The largest absolute Gasteiger partial charge is 0.497 e. The van der Waals surface area contributed by atoms with E-state index in [1.54, 1.807) is 55.7 Å². The molecule has 0 saturated heterocycles. The molecule has 0 bridgehead atoms. The van der Waals surface area contributed by atoms with Gasteiger partial charge < -0.3 is 20.7 Å². The second-order valence-electron chi connectivity index (χ2n) is 7.22.